The van der Waals surface area contributed by atoms with Gasteiger partial charge in [-0.15, -0.1) is 0 Å². The highest BCUT2D eigenvalue weighted by Gasteiger charge is 2.51. The van der Waals surface area contributed by atoms with Gasteiger partial charge in [0.1, 0.15) is 23.7 Å². The van der Waals surface area contributed by atoms with Gasteiger partial charge in [0.05, 0.1) is 37.6 Å². The van der Waals surface area contributed by atoms with Crippen molar-refractivity contribution in [2.24, 2.45) is 0 Å². The Hall–Kier alpha value is -5.01. The lowest BCUT2D eigenvalue weighted by Crippen LogP contribution is -2.35. The second-order valence-electron chi connectivity index (χ2n) is 9.44. The van der Waals surface area contributed by atoms with Crippen LogP contribution in [-0.4, -0.2) is 80.9 Å². The molecule has 0 spiro atoms. The number of hydrogen-bond acceptors (Lipinski definition) is 13. The van der Waals surface area contributed by atoms with Crippen LogP contribution in [0.25, 0.3) is 0 Å². The standard InChI is InChI=1S/C31H30O13/c1-3-25(32)37-15-5-6-16-38-31(36)42-22-13-9-19(10-14-22)29(34)41-21-11-7-20(8-12-21)30(35)44-24-18-40-27-23(17-39-28(24)27)43-26(33)4-2/h3-4,7-14,23-24,27-28H,1-2,5-6,15-18H2/t23-,24-,27?,28?/m0/s1. The molecule has 2 unspecified atom stereocenters. The molecule has 2 aromatic rings. The summed E-state index contributed by atoms with van der Waals surface area (Å²) in [6.45, 7) is 7.11. The highest BCUT2D eigenvalue weighted by Crippen LogP contribution is 2.31. The molecule has 0 saturated carbocycles. The molecule has 2 heterocycles. The first-order valence-corrected chi connectivity index (χ1v) is 13.6. The van der Waals surface area contributed by atoms with Gasteiger partial charge in [0.25, 0.3) is 0 Å². The molecule has 0 radical (unpaired) electrons. The van der Waals surface area contributed by atoms with Gasteiger partial charge < -0.3 is 37.9 Å². The number of rotatable bonds is 13. The van der Waals surface area contributed by atoms with E-state index in [1.165, 1.54) is 48.5 Å². The van der Waals surface area contributed by atoms with Gasteiger partial charge in [0.2, 0.25) is 0 Å². The van der Waals surface area contributed by atoms with E-state index in [2.05, 4.69) is 13.2 Å². The first kappa shape index (κ1) is 31.9. The van der Waals surface area contributed by atoms with Crippen molar-refractivity contribution < 1.29 is 61.9 Å². The van der Waals surface area contributed by atoms with Crippen LogP contribution in [0.15, 0.2) is 73.8 Å². The summed E-state index contributed by atoms with van der Waals surface area (Å²) in [6, 6.07) is 11.4. The van der Waals surface area contributed by atoms with E-state index in [-0.39, 0.29) is 49.1 Å². The quantitative estimate of drug-likeness (QED) is 0.0812. The Labute approximate surface area is 252 Å². The van der Waals surface area contributed by atoms with Crippen LogP contribution in [0.5, 0.6) is 11.5 Å². The third-order valence-electron chi connectivity index (χ3n) is 6.42. The summed E-state index contributed by atoms with van der Waals surface area (Å²) in [4.78, 5) is 59.5. The number of carbonyl (C=O) groups excluding carboxylic acids is 5. The largest absolute Gasteiger partial charge is 0.513 e. The van der Waals surface area contributed by atoms with E-state index in [0.717, 1.165) is 12.2 Å². The summed E-state index contributed by atoms with van der Waals surface area (Å²) in [5.74, 6) is -2.08. The lowest BCUT2D eigenvalue weighted by molar-refractivity contribution is -0.147. The molecule has 44 heavy (non-hydrogen) atoms. The average Bonchev–Trinajstić information content (AvgIpc) is 3.62. The number of unbranched alkanes of at least 4 members (excludes halogenated alkanes) is 1. The fraction of sp³-hybridized carbons (Fsp3) is 0.323. The monoisotopic (exact) mass is 610 g/mol. The number of benzene rings is 2. The van der Waals surface area contributed by atoms with E-state index in [9.17, 15) is 24.0 Å². The summed E-state index contributed by atoms with van der Waals surface area (Å²) in [5.41, 5.74) is 0.401. The van der Waals surface area contributed by atoms with Crippen LogP contribution in [0.3, 0.4) is 0 Å². The molecule has 13 nitrogen and oxygen atoms in total. The van der Waals surface area contributed by atoms with E-state index < -0.39 is 54.4 Å². The molecule has 2 aromatic carbocycles. The van der Waals surface area contributed by atoms with Crippen molar-refractivity contribution in [3.63, 3.8) is 0 Å². The zero-order valence-electron chi connectivity index (χ0n) is 23.5. The van der Waals surface area contributed by atoms with Gasteiger partial charge in [-0.2, -0.15) is 0 Å². The maximum atomic E-state index is 12.7. The van der Waals surface area contributed by atoms with Gasteiger partial charge >= 0.3 is 30.0 Å². The van der Waals surface area contributed by atoms with Gasteiger partial charge in [-0.25, -0.2) is 24.0 Å². The van der Waals surface area contributed by atoms with Crippen molar-refractivity contribution in [1.29, 1.82) is 0 Å². The van der Waals surface area contributed by atoms with Gasteiger partial charge in [-0.3, -0.25) is 0 Å². The molecule has 13 heteroatoms. The van der Waals surface area contributed by atoms with Crippen molar-refractivity contribution in [3.8, 4) is 11.5 Å². The molecule has 2 saturated heterocycles. The molecule has 4 rings (SSSR count). The van der Waals surface area contributed by atoms with E-state index in [4.69, 9.17) is 37.9 Å². The summed E-state index contributed by atoms with van der Waals surface area (Å²) < 4.78 is 42.2. The topological polar surface area (TPSA) is 159 Å². The Morgan fingerprint density at radius 1 is 0.659 bits per heavy atom. The van der Waals surface area contributed by atoms with Crippen LogP contribution in [0.2, 0.25) is 0 Å². The Bertz CT molecular complexity index is 1370. The van der Waals surface area contributed by atoms with Crippen molar-refractivity contribution in [2.45, 2.75) is 37.3 Å². The highest BCUT2D eigenvalue weighted by molar-refractivity contribution is 5.92. The Kier molecular flexibility index (Phi) is 11.2. The number of fused-ring (bicyclic) bond motifs is 1. The van der Waals surface area contributed by atoms with Crippen LogP contribution in [0.1, 0.15) is 33.6 Å². The minimum absolute atomic E-state index is 0.0746. The van der Waals surface area contributed by atoms with Crippen molar-refractivity contribution in [3.05, 3.63) is 85.0 Å². The van der Waals surface area contributed by atoms with Crippen LogP contribution < -0.4 is 9.47 Å². The van der Waals surface area contributed by atoms with Crippen LogP contribution >= 0.6 is 0 Å². The number of esters is 4. The summed E-state index contributed by atoms with van der Waals surface area (Å²) >= 11 is 0. The first-order valence-electron chi connectivity index (χ1n) is 13.6. The van der Waals surface area contributed by atoms with E-state index in [1.807, 2.05) is 0 Å². The summed E-state index contributed by atoms with van der Waals surface area (Å²) in [6.07, 6.45) is -0.267. The highest BCUT2D eigenvalue weighted by atomic mass is 16.7. The molecule has 0 N–H and O–H groups in total. The second kappa shape index (κ2) is 15.5. The predicted molar refractivity (Wildman–Crippen MR) is 149 cm³/mol. The Morgan fingerprint density at radius 2 is 1.16 bits per heavy atom. The molecule has 2 aliphatic rings. The maximum absolute atomic E-state index is 12.7. The number of carbonyl (C=O) groups is 5. The maximum Gasteiger partial charge on any atom is 0.513 e. The van der Waals surface area contributed by atoms with Crippen LogP contribution in [-0.2, 0) is 38.0 Å². The van der Waals surface area contributed by atoms with E-state index >= 15 is 0 Å². The second-order valence-corrected chi connectivity index (χ2v) is 9.44. The van der Waals surface area contributed by atoms with Gasteiger partial charge in [-0.05, 0) is 61.4 Å². The molecule has 0 amide bonds. The zero-order valence-corrected chi connectivity index (χ0v) is 23.5. The average molecular weight is 611 g/mol. The van der Waals surface area contributed by atoms with Crippen molar-refractivity contribution in [1.82, 2.24) is 0 Å². The Morgan fingerprint density at radius 3 is 1.73 bits per heavy atom. The first-order chi connectivity index (χ1) is 21.3. The fourth-order valence-corrected chi connectivity index (χ4v) is 4.24. The number of hydrogen-bond donors (Lipinski definition) is 0. The molecular weight excluding hydrogens is 580 g/mol. The van der Waals surface area contributed by atoms with Crippen LogP contribution in [0, 0.1) is 0 Å². The SMILES string of the molecule is C=CC(=O)OCCCCOC(=O)Oc1ccc(C(=O)Oc2ccc(C(=O)O[C@H]3COC4C3OC[C@@H]4OC(=O)C=C)cc2)cc1. The summed E-state index contributed by atoms with van der Waals surface area (Å²) in [5, 5.41) is 0. The smallest absolute Gasteiger partial charge is 0.463 e. The lowest BCUT2D eigenvalue weighted by Gasteiger charge is -2.17. The molecule has 232 valence electrons. The molecule has 2 fully saturated rings. The minimum atomic E-state index is -0.920. The normalized spacial score (nSPS) is 20.0. The van der Waals surface area contributed by atoms with Crippen LogP contribution in [0.4, 0.5) is 4.79 Å². The van der Waals surface area contributed by atoms with E-state index in [0.29, 0.717) is 12.8 Å². The zero-order chi connectivity index (χ0) is 31.5. The lowest BCUT2D eigenvalue weighted by atomic mass is 10.1. The fourth-order valence-electron chi connectivity index (χ4n) is 4.24. The molecule has 4 atom stereocenters. The Balaban J connectivity index is 1.19. The molecular formula is C31H30O13. The minimum Gasteiger partial charge on any atom is -0.463 e. The van der Waals surface area contributed by atoms with Gasteiger partial charge in [0, 0.05) is 12.2 Å². The number of ether oxygens (including phenoxy) is 8. The van der Waals surface area contributed by atoms with Gasteiger partial charge in [0.15, 0.2) is 12.2 Å². The third kappa shape index (κ3) is 8.75. The van der Waals surface area contributed by atoms with E-state index in [1.54, 1.807) is 0 Å². The van der Waals surface area contributed by atoms with Gasteiger partial charge in [-0.1, -0.05) is 13.2 Å². The molecule has 0 aromatic heterocycles. The molecule has 0 aliphatic carbocycles. The van der Waals surface area contributed by atoms with Crippen molar-refractivity contribution >= 4 is 30.0 Å². The molecule has 0 bridgehead atoms. The third-order valence-corrected chi connectivity index (χ3v) is 6.42. The predicted octanol–water partition coefficient (Wildman–Crippen LogP) is 3.35. The van der Waals surface area contributed by atoms with Crippen molar-refractivity contribution in [2.75, 3.05) is 26.4 Å². The summed E-state index contributed by atoms with van der Waals surface area (Å²) in [7, 11) is 0. The molecule has 2 aliphatic heterocycles.